The van der Waals surface area contributed by atoms with Crippen LogP contribution in [0.2, 0.25) is 0 Å². The number of aromatic nitrogens is 2. The molecule has 1 aromatic heterocycles. The zero-order valence-corrected chi connectivity index (χ0v) is 12.4. The van der Waals surface area contributed by atoms with E-state index in [1.807, 2.05) is 0 Å². The van der Waals surface area contributed by atoms with Crippen LogP contribution in [0.1, 0.15) is 42.3 Å². The summed E-state index contributed by atoms with van der Waals surface area (Å²) >= 11 is 0. The molecule has 0 amide bonds. The molecule has 0 saturated carbocycles. The average Bonchev–Trinajstić information content (AvgIpc) is 2.53. The lowest BCUT2D eigenvalue weighted by atomic mass is 10.0. The lowest BCUT2D eigenvalue weighted by Gasteiger charge is -2.29. The summed E-state index contributed by atoms with van der Waals surface area (Å²) < 4.78 is 0. The molecule has 0 fully saturated rings. The van der Waals surface area contributed by atoms with Gasteiger partial charge in [0.25, 0.3) is 0 Å². The lowest BCUT2D eigenvalue weighted by molar-refractivity contribution is 0.696. The molecule has 0 radical (unpaired) electrons. The Morgan fingerprint density at radius 3 is 2.67 bits per heavy atom. The quantitative estimate of drug-likeness (QED) is 0.847. The molecule has 0 atom stereocenters. The van der Waals surface area contributed by atoms with E-state index < -0.39 is 0 Å². The molecule has 2 aromatic rings. The number of benzene rings is 1. The average molecular weight is 278 g/mol. The van der Waals surface area contributed by atoms with Gasteiger partial charge in [-0.2, -0.15) is 5.26 Å². The van der Waals surface area contributed by atoms with Crippen molar-refractivity contribution in [1.82, 2.24) is 9.97 Å². The SMILES string of the molecule is CC(C)c1cc(C#N)nc(N2CCc3ccccc3C2)n1. The Hall–Kier alpha value is -2.41. The number of nitriles is 1. The van der Waals surface area contributed by atoms with E-state index in [-0.39, 0.29) is 5.92 Å². The van der Waals surface area contributed by atoms with Crippen LogP contribution in [0.15, 0.2) is 30.3 Å². The van der Waals surface area contributed by atoms with Gasteiger partial charge >= 0.3 is 0 Å². The predicted octanol–water partition coefficient (Wildman–Crippen LogP) is 3.03. The van der Waals surface area contributed by atoms with Crippen LogP contribution < -0.4 is 4.90 Å². The fourth-order valence-corrected chi connectivity index (χ4v) is 2.61. The van der Waals surface area contributed by atoms with Crippen LogP contribution in [0, 0.1) is 11.3 Å². The van der Waals surface area contributed by atoms with Gasteiger partial charge in [0.05, 0.1) is 0 Å². The van der Waals surface area contributed by atoms with Crippen molar-refractivity contribution in [2.75, 3.05) is 11.4 Å². The van der Waals surface area contributed by atoms with E-state index in [4.69, 9.17) is 5.26 Å². The van der Waals surface area contributed by atoms with Gasteiger partial charge in [-0.25, -0.2) is 9.97 Å². The first-order valence-electron chi connectivity index (χ1n) is 7.28. The molecule has 0 N–H and O–H groups in total. The van der Waals surface area contributed by atoms with Crippen LogP contribution in [-0.4, -0.2) is 16.5 Å². The highest BCUT2D eigenvalue weighted by Gasteiger charge is 2.19. The van der Waals surface area contributed by atoms with Gasteiger partial charge in [-0.1, -0.05) is 38.1 Å². The van der Waals surface area contributed by atoms with Crippen molar-refractivity contribution in [3.63, 3.8) is 0 Å². The summed E-state index contributed by atoms with van der Waals surface area (Å²) in [7, 11) is 0. The van der Waals surface area contributed by atoms with Crippen LogP contribution in [0.25, 0.3) is 0 Å². The zero-order chi connectivity index (χ0) is 14.8. The molecule has 4 heteroatoms. The van der Waals surface area contributed by atoms with E-state index in [0.29, 0.717) is 11.6 Å². The highest BCUT2D eigenvalue weighted by molar-refractivity contribution is 5.42. The molecule has 0 spiro atoms. The number of hydrogen-bond donors (Lipinski definition) is 0. The van der Waals surface area contributed by atoms with E-state index in [1.165, 1.54) is 11.1 Å². The maximum Gasteiger partial charge on any atom is 0.227 e. The van der Waals surface area contributed by atoms with E-state index >= 15 is 0 Å². The molecule has 1 aliphatic heterocycles. The second kappa shape index (κ2) is 5.53. The minimum absolute atomic E-state index is 0.288. The lowest BCUT2D eigenvalue weighted by Crippen LogP contribution is -2.32. The van der Waals surface area contributed by atoms with Gasteiger partial charge in [-0.3, -0.25) is 0 Å². The molecule has 2 heterocycles. The summed E-state index contributed by atoms with van der Waals surface area (Å²) in [6.45, 7) is 5.86. The van der Waals surface area contributed by atoms with Crippen molar-refractivity contribution in [3.05, 3.63) is 52.8 Å². The first kappa shape index (κ1) is 13.6. The van der Waals surface area contributed by atoms with Crippen LogP contribution in [0.4, 0.5) is 5.95 Å². The van der Waals surface area contributed by atoms with Gasteiger partial charge in [-0.05, 0) is 29.5 Å². The number of anilines is 1. The second-order valence-electron chi connectivity index (χ2n) is 5.68. The topological polar surface area (TPSA) is 52.8 Å². The molecule has 106 valence electrons. The molecule has 0 saturated heterocycles. The standard InChI is InChI=1S/C17H18N4/c1-12(2)16-9-15(10-18)19-17(20-16)21-8-7-13-5-3-4-6-14(13)11-21/h3-6,9,12H,7-8,11H2,1-2H3. The first-order valence-corrected chi connectivity index (χ1v) is 7.28. The molecule has 3 rings (SSSR count). The molecule has 0 bridgehead atoms. The first-order chi connectivity index (χ1) is 10.2. The van der Waals surface area contributed by atoms with Gasteiger partial charge < -0.3 is 4.90 Å². The predicted molar refractivity (Wildman–Crippen MR) is 82.0 cm³/mol. The van der Waals surface area contributed by atoms with Gasteiger partial charge in [0, 0.05) is 18.8 Å². The molecule has 0 aliphatic carbocycles. The molecule has 21 heavy (non-hydrogen) atoms. The Labute approximate surface area is 125 Å². The van der Waals surface area contributed by atoms with Crippen molar-refractivity contribution in [3.8, 4) is 6.07 Å². The smallest absolute Gasteiger partial charge is 0.227 e. The van der Waals surface area contributed by atoms with Crippen LogP contribution >= 0.6 is 0 Å². The minimum atomic E-state index is 0.288. The summed E-state index contributed by atoms with van der Waals surface area (Å²) in [5.41, 5.74) is 4.09. The van der Waals surface area contributed by atoms with Crippen LogP contribution in [-0.2, 0) is 13.0 Å². The van der Waals surface area contributed by atoms with E-state index in [1.54, 1.807) is 6.07 Å². The third kappa shape index (κ3) is 2.73. The largest absolute Gasteiger partial charge is 0.336 e. The summed E-state index contributed by atoms with van der Waals surface area (Å²) in [6.07, 6.45) is 0.993. The summed E-state index contributed by atoms with van der Waals surface area (Å²) in [4.78, 5) is 11.2. The van der Waals surface area contributed by atoms with E-state index in [9.17, 15) is 0 Å². The monoisotopic (exact) mass is 278 g/mol. The molecule has 1 aromatic carbocycles. The van der Waals surface area contributed by atoms with Gasteiger partial charge in [0.15, 0.2) is 0 Å². The van der Waals surface area contributed by atoms with Gasteiger partial charge in [-0.15, -0.1) is 0 Å². The molecular weight excluding hydrogens is 260 g/mol. The van der Waals surface area contributed by atoms with Crippen LogP contribution in [0.3, 0.4) is 0 Å². The Kier molecular flexibility index (Phi) is 3.57. The van der Waals surface area contributed by atoms with Crippen LogP contribution in [0.5, 0.6) is 0 Å². The summed E-state index contributed by atoms with van der Waals surface area (Å²) in [5.74, 6) is 0.961. The molecule has 0 unspecified atom stereocenters. The Balaban J connectivity index is 1.95. The highest BCUT2D eigenvalue weighted by Crippen LogP contribution is 2.23. The van der Waals surface area contributed by atoms with Gasteiger partial charge in [0.1, 0.15) is 11.8 Å². The Bertz CT molecular complexity index is 700. The van der Waals surface area contributed by atoms with Crippen molar-refractivity contribution in [2.45, 2.75) is 32.7 Å². The minimum Gasteiger partial charge on any atom is -0.336 e. The van der Waals surface area contributed by atoms with Crippen molar-refractivity contribution in [1.29, 1.82) is 5.26 Å². The highest BCUT2D eigenvalue weighted by atomic mass is 15.3. The maximum absolute atomic E-state index is 9.17. The van der Waals surface area contributed by atoms with Crippen molar-refractivity contribution in [2.24, 2.45) is 0 Å². The third-order valence-corrected chi connectivity index (χ3v) is 3.85. The Morgan fingerprint density at radius 2 is 1.95 bits per heavy atom. The molecule has 1 aliphatic rings. The summed E-state index contributed by atoms with van der Waals surface area (Å²) in [5, 5.41) is 9.17. The summed E-state index contributed by atoms with van der Waals surface area (Å²) in [6, 6.07) is 12.4. The van der Waals surface area contributed by atoms with E-state index in [0.717, 1.165) is 25.2 Å². The fourth-order valence-electron chi connectivity index (χ4n) is 2.61. The molecular formula is C17H18N4. The van der Waals surface area contributed by atoms with Crippen molar-refractivity contribution < 1.29 is 0 Å². The zero-order valence-electron chi connectivity index (χ0n) is 12.4. The third-order valence-electron chi connectivity index (χ3n) is 3.85. The molecule has 4 nitrogen and oxygen atoms in total. The van der Waals surface area contributed by atoms with Gasteiger partial charge in [0.2, 0.25) is 5.95 Å². The number of fused-ring (bicyclic) bond motifs is 1. The number of rotatable bonds is 2. The number of hydrogen-bond acceptors (Lipinski definition) is 4. The second-order valence-corrected chi connectivity index (χ2v) is 5.68. The normalized spacial score (nSPS) is 13.9. The van der Waals surface area contributed by atoms with E-state index in [2.05, 4.69) is 59.1 Å². The Morgan fingerprint density at radius 1 is 1.19 bits per heavy atom. The number of nitrogens with zero attached hydrogens (tertiary/aromatic N) is 4. The fraction of sp³-hybridized carbons (Fsp3) is 0.353. The maximum atomic E-state index is 9.17. The van der Waals surface area contributed by atoms with Crippen molar-refractivity contribution >= 4 is 5.95 Å².